The number of carbonyl (C=O) groups excluding carboxylic acids is 3. The number of aromatic nitrogens is 1. The average molecular weight is 422 g/mol. The van der Waals surface area contributed by atoms with Crippen LogP contribution in [0.25, 0.3) is 0 Å². The van der Waals surface area contributed by atoms with Crippen LogP contribution in [0.3, 0.4) is 0 Å². The Kier molecular flexibility index (Phi) is 6.97. The molecule has 0 aliphatic rings. The zero-order chi connectivity index (χ0) is 22.4. The highest BCUT2D eigenvalue weighted by Crippen LogP contribution is 2.18. The zero-order valence-electron chi connectivity index (χ0n) is 17.4. The summed E-state index contributed by atoms with van der Waals surface area (Å²) in [6.45, 7) is 3.56. The van der Waals surface area contributed by atoms with E-state index in [1.54, 1.807) is 6.07 Å². The molecule has 1 amide bonds. The summed E-state index contributed by atoms with van der Waals surface area (Å²) in [6.07, 6.45) is 0. The van der Waals surface area contributed by atoms with Crippen molar-refractivity contribution in [3.05, 3.63) is 94.6 Å². The first-order valence-corrected chi connectivity index (χ1v) is 9.78. The van der Waals surface area contributed by atoms with E-state index in [9.17, 15) is 18.8 Å². The molecular weight excluding hydrogens is 399 g/mol. The van der Waals surface area contributed by atoms with E-state index in [0.29, 0.717) is 12.1 Å². The SMILES string of the molecule is Cc1cc(C(=O)COC(=O)CNC(=O)c2cccc(F)c2)c(C)n1Cc1ccccc1. The quantitative estimate of drug-likeness (QED) is 0.446. The summed E-state index contributed by atoms with van der Waals surface area (Å²) in [5.41, 5.74) is 3.42. The van der Waals surface area contributed by atoms with Gasteiger partial charge in [0, 0.05) is 29.1 Å². The van der Waals surface area contributed by atoms with Gasteiger partial charge in [0.15, 0.2) is 6.61 Å². The predicted octanol–water partition coefficient (Wildman–Crippen LogP) is 3.45. The maximum Gasteiger partial charge on any atom is 0.325 e. The molecule has 0 radical (unpaired) electrons. The molecule has 160 valence electrons. The van der Waals surface area contributed by atoms with E-state index >= 15 is 0 Å². The number of ether oxygens (including phenoxy) is 1. The number of Topliss-reactive ketones (excluding diaryl/α,β-unsaturated/α-hetero) is 1. The number of nitrogens with zero attached hydrogens (tertiary/aromatic N) is 1. The molecule has 0 bridgehead atoms. The fraction of sp³-hybridized carbons (Fsp3) is 0.208. The minimum Gasteiger partial charge on any atom is -0.456 e. The van der Waals surface area contributed by atoms with Gasteiger partial charge in [-0.2, -0.15) is 0 Å². The summed E-state index contributed by atoms with van der Waals surface area (Å²) >= 11 is 0. The van der Waals surface area contributed by atoms with Crippen LogP contribution < -0.4 is 5.32 Å². The van der Waals surface area contributed by atoms with Crippen LogP contribution in [0, 0.1) is 19.7 Å². The van der Waals surface area contributed by atoms with Crippen LogP contribution in [0.5, 0.6) is 0 Å². The molecule has 0 atom stereocenters. The fourth-order valence-electron chi connectivity index (χ4n) is 3.25. The molecule has 0 aliphatic heterocycles. The Balaban J connectivity index is 1.54. The molecule has 0 unspecified atom stereocenters. The van der Waals surface area contributed by atoms with Crippen molar-refractivity contribution in [3.63, 3.8) is 0 Å². The Morgan fingerprint density at radius 1 is 1.00 bits per heavy atom. The van der Waals surface area contributed by atoms with Gasteiger partial charge in [0.2, 0.25) is 5.78 Å². The van der Waals surface area contributed by atoms with Gasteiger partial charge in [0.05, 0.1) is 0 Å². The number of carbonyl (C=O) groups is 3. The zero-order valence-corrected chi connectivity index (χ0v) is 17.4. The molecule has 6 nitrogen and oxygen atoms in total. The normalized spacial score (nSPS) is 10.5. The molecule has 7 heteroatoms. The van der Waals surface area contributed by atoms with Crippen LogP contribution >= 0.6 is 0 Å². The first-order chi connectivity index (χ1) is 14.8. The second-order valence-electron chi connectivity index (χ2n) is 7.13. The van der Waals surface area contributed by atoms with E-state index in [2.05, 4.69) is 5.32 Å². The van der Waals surface area contributed by atoms with E-state index in [0.717, 1.165) is 23.0 Å². The Bertz CT molecular complexity index is 1110. The van der Waals surface area contributed by atoms with Crippen LogP contribution in [-0.2, 0) is 16.1 Å². The van der Waals surface area contributed by atoms with Crippen molar-refractivity contribution < 1.29 is 23.5 Å². The largest absolute Gasteiger partial charge is 0.456 e. The number of aryl methyl sites for hydroxylation is 1. The molecule has 0 spiro atoms. The van der Waals surface area contributed by atoms with E-state index < -0.39 is 30.8 Å². The summed E-state index contributed by atoms with van der Waals surface area (Å²) in [6, 6.07) is 16.8. The molecule has 1 aromatic heterocycles. The Morgan fingerprint density at radius 3 is 2.45 bits per heavy atom. The van der Waals surface area contributed by atoms with E-state index in [1.807, 2.05) is 48.7 Å². The van der Waals surface area contributed by atoms with Crippen molar-refractivity contribution in [1.29, 1.82) is 0 Å². The van der Waals surface area contributed by atoms with Crippen LogP contribution in [0.1, 0.15) is 37.7 Å². The van der Waals surface area contributed by atoms with Crippen LogP contribution in [0.2, 0.25) is 0 Å². The Labute approximate surface area is 179 Å². The summed E-state index contributed by atoms with van der Waals surface area (Å²) in [4.78, 5) is 36.4. The van der Waals surface area contributed by atoms with Crippen LogP contribution in [0.15, 0.2) is 60.7 Å². The summed E-state index contributed by atoms with van der Waals surface area (Å²) in [7, 11) is 0. The minimum atomic E-state index is -0.754. The lowest BCUT2D eigenvalue weighted by atomic mass is 10.1. The van der Waals surface area contributed by atoms with Crippen molar-refractivity contribution in [3.8, 4) is 0 Å². The second kappa shape index (κ2) is 9.84. The van der Waals surface area contributed by atoms with Gasteiger partial charge < -0.3 is 14.6 Å². The summed E-state index contributed by atoms with van der Waals surface area (Å²) in [5.74, 6) is -2.23. The van der Waals surface area contributed by atoms with Crippen molar-refractivity contribution in [2.75, 3.05) is 13.2 Å². The molecular formula is C24H23FN2O4. The van der Waals surface area contributed by atoms with Crippen molar-refractivity contribution >= 4 is 17.7 Å². The third-order valence-corrected chi connectivity index (χ3v) is 4.90. The molecule has 2 aromatic carbocycles. The fourth-order valence-corrected chi connectivity index (χ4v) is 3.25. The molecule has 0 aliphatic carbocycles. The number of benzene rings is 2. The lowest BCUT2D eigenvalue weighted by molar-refractivity contribution is -0.141. The van der Waals surface area contributed by atoms with Crippen LogP contribution in [0.4, 0.5) is 4.39 Å². The maximum absolute atomic E-state index is 13.2. The summed E-state index contributed by atoms with van der Waals surface area (Å²) < 4.78 is 20.2. The molecule has 0 saturated carbocycles. The third-order valence-electron chi connectivity index (χ3n) is 4.90. The molecule has 3 rings (SSSR count). The molecule has 1 N–H and O–H groups in total. The standard InChI is InChI=1S/C24H23FN2O4/c1-16-11-21(17(2)27(16)14-18-7-4-3-5-8-18)22(28)15-31-23(29)13-26-24(30)19-9-6-10-20(25)12-19/h3-12H,13-15H2,1-2H3,(H,26,30). The number of halogens is 1. The number of hydrogen-bond acceptors (Lipinski definition) is 4. The Morgan fingerprint density at radius 2 is 1.74 bits per heavy atom. The first-order valence-electron chi connectivity index (χ1n) is 9.78. The molecule has 0 fully saturated rings. The molecule has 31 heavy (non-hydrogen) atoms. The first kappa shape index (κ1) is 22.0. The molecule has 3 aromatic rings. The lowest BCUT2D eigenvalue weighted by Gasteiger charge is -2.10. The van der Waals surface area contributed by atoms with Gasteiger partial charge in [-0.15, -0.1) is 0 Å². The number of esters is 1. The average Bonchev–Trinajstić information content (AvgIpc) is 3.05. The number of ketones is 1. The number of hydrogen-bond donors (Lipinski definition) is 1. The minimum absolute atomic E-state index is 0.0923. The number of nitrogens with one attached hydrogen (secondary N) is 1. The highest BCUT2D eigenvalue weighted by atomic mass is 19.1. The van der Waals surface area contributed by atoms with Gasteiger partial charge in [-0.1, -0.05) is 36.4 Å². The molecule has 0 saturated heterocycles. The Hall–Kier alpha value is -3.74. The van der Waals surface area contributed by atoms with Gasteiger partial charge in [-0.25, -0.2) is 4.39 Å². The van der Waals surface area contributed by atoms with E-state index in [-0.39, 0.29) is 11.3 Å². The van der Waals surface area contributed by atoms with Crippen molar-refractivity contribution in [1.82, 2.24) is 9.88 Å². The van der Waals surface area contributed by atoms with Gasteiger partial charge in [0.25, 0.3) is 5.91 Å². The lowest BCUT2D eigenvalue weighted by Crippen LogP contribution is -2.31. The maximum atomic E-state index is 13.2. The van der Waals surface area contributed by atoms with E-state index in [1.165, 1.54) is 18.2 Å². The number of rotatable bonds is 8. The second-order valence-corrected chi connectivity index (χ2v) is 7.13. The third kappa shape index (κ3) is 5.66. The van der Waals surface area contributed by atoms with E-state index in [4.69, 9.17) is 4.74 Å². The highest BCUT2D eigenvalue weighted by Gasteiger charge is 2.18. The van der Waals surface area contributed by atoms with Crippen molar-refractivity contribution in [2.24, 2.45) is 0 Å². The topological polar surface area (TPSA) is 77.4 Å². The monoisotopic (exact) mass is 422 g/mol. The summed E-state index contributed by atoms with van der Waals surface area (Å²) in [5, 5.41) is 2.35. The van der Waals surface area contributed by atoms with Crippen LogP contribution in [-0.4, -0.2) is 35.4 Å². The van der Waals surface area contributed by atoms with Gasteiger partial charge >= 0.3 is 5.97 Å². The predicted molar refractivity (Wildman–Crippen MR) is 113 cm³/mol. The van der Waals surface area contributed by atoms with Gasteiger partial charge in [-0.3, -0.25) is 14.4 Å². The van der Waals surface area contributed by atoms with Gasteiger partial charge in [0.1, 0.15) is 12.4 Å². The van der Waals surface area contributed by atoms with Crippen molar-refractivity contribution in [2.45, 2.75) is 20.4 Å². The smallest absolute Gasteiger partial charge is 0.325 e. The van der Waals surface area contributed by atoms with Gasteiger partial charge in [-0.05, 0) is 43.7 Å². The number of amides is 1. The molecule has 1 heterocycles. The highest BCUT2D eigenvalue weighted by molar-refractivity contribution is 6.00.